The molecule has 0 bridgehead atoms. The summed E-state index contributed by atoms with van der Waals surface area (Å²) in [6.07, 6.45) is 2.11. The van der Waals surface area contributed by atoms with E-state index in [0.717, 1.165) is 12.0 Å². The minimum atomic E-state index is 0.0212. The van der Waals surface area contributed by atoms with Crippen molar-refractivity contribution in [1.29, 1.82) is 0 Å². The summed E-state index contributed by atoms with van der Waals surface area (Å²) in [6, 6.07) is 5.73. The number of carbonyl (C=O) groups is 1. The highest BCUT2D eigenvalue weighted by Gasteiger charge is 2.06. The Balaban J connectivity index is 2.39. The first-order valence-corrected chi connectivity index (χ1v) is 7.79. The second kappa shape index (κ2) is 10.1. The number of methoxy groups -OCH3 is 1. The van der Waals surface area contributed by atoms with Crippen LogP contribution in [0, 0.1) is 5.92 Å². The van der Waals surface area contributed by atoms with Crippen LogP contribution in [0.2, 0.25) is 0 Å². The Bertz CT molecular complexity index is 461. The summed E-state index contributed by atoms with van der Waals surface area (Å²) in [5.74, 6) is 1.35. The molecule has 0 fully saturated rings. The molecule has 5 heteroatoms. The van der Waals surface area contributed by atoms with Crippen LogP contribution in [0.4, 0.5) is 5.69 Å². The van der Waals surface area contributed by atoms with Gasteiger partial charge in [-0.05, 0) is 36.5 Å². The maximum atomic E-state index is 11.6. The second-order valence-corrected chi connectivity index (χ2v) is 5.75. The normalized spacial score (nSPS) is 10.7. The number of ether oxygens (including phenoxy) is 2. The fourth-order valence-corrected chi connectivity index (χ4v) is 1.93. The fraction of sp³-hybridized carbons (Fsp3) is 0.588. The third kappa shape index (κ3) is 7.31. The molecule has 1 rings (SSSR count). The molecule has 0 aliphatic rings. The number of amides is 1. The summed E-state index contributed by atoms with van der Waals surface area (Å²) in [4.78, 5) is 11.6. The zero-order valence-electron chi connectivity index (χ0n) is 13.9. The molecule has 124 valence electrons. The Morgan fingerprint density at radius 2 is 2.09 bits per heavy atom. The number of benzene rings is 1. The number of nitrogen functional groups attached to an aromatic ring is 1. The van der Waals surface area contributed by atoms with E-state index in [1.54, 1.807) is 7.11 Å². The van der Waals surface area contributed by atoms with Crippen LogP contribution in [-0.2, 0) is 16.0 Å². The Morgan fingerprint density at radius 1 is 1.32 bits per heavy atom. The standard InChI is InChI=1S/C17H28N2O3/c1-13(2)8-10-22-16-6-4-14(12-15(16)18)5-7-17(20)19-9-11-21-3/h4,6,12-13H,5,7-11,18H2,1-3H3,(H,19,20). The van der Waals surface area contributed by atoms with Crippen molar-refractivity contribution >= 4 is 11.6 Å². The molecular weight excluding hydrogens is 280 g/mol. The maximum absolute atomic E-state index is 11.6. The zero-order valence-corrected chi connectivity index (χ0v) is 13.9. The van der Waals surface area contributed by atoms with Gasteiger partial charge in [-0.2, -0.15) is 0 Å². The third-order valence-corrected chi connectivity index (χ3v) is 3.30. The van der Waals surface area contributed by atoms with Gasteiger partial charge < -0.3 is 20.5 Å². The van der Waals surface area contributed by atoms with Crippen LogP contribution in [0.1, 0.15) is 32.3 Å². The molecule has 22 heavy (non-hydrogen) atoms. The molecule has 0 aromatic heterocycles. The minimum absolute atomic E-state index is 0.0212. The monoisotopic (exact) mass is 308 g/mol. The second-order valence-electron chi connectivity index (χ2n) is 5.75. The molecule has 1 aromatic carbocycles. The van der Waals surface area contributed by atoms with Gasteiger partial charge in [0.2, 0.25) is 5.91 Å². The summed E-state index contributed by atoms with van der Waals surface area (Å²) in [7, 11) is 1.61. The van der Waals surface area contributed by atoms with Crippen LogP contribution in [0.5, 0.6) is 5.75 Å². The summed E-state index contributed by atoms with van der Waals surface area (Å²) in [5.41, 5.74) is 7.66. The highest BCUT2D eigenvalue weighted by molar-refractivity contribution is 5.76. The molecule has 0 atom stereocenters. The van der Waals surface area contributed by atoms with Gasteiger partial charge in [0.25, 0.3) is 0 Å². The van der Waals surface area contributed by atoms with Gasteiger partial charge in [0.1, 0.15) is 5.75 Å². The van der Waals surface area contributed by atoms with E-state index in [0.29, 0.717) is 50.0 Å². The summed E-state index contributed by atoms with van der Waals surface area (Å²) in [6.45, 7) is 6.06. The SMILES string of the molecule is COCCNC(=O)CCc1ccc(OCCC(C)C)c(N)c1. The molecule has 0 spiro atoms. The highest BCUT2D eigenvalue weighted by atomic mass is 16.5. The van der Waals surface area contributed by atoms with Crippen LogP contribution in [-0.4, -0.2) is 32.8 Å². The number of nitrogens with one attached hydrogen (secondary N) is 1. The van der Waals surface area contributed by atoms with Crippen molar-refractivity contribution in [3.8, 4) is 5.75 Å². The molecule has 0 heterocycles. The third-order valence-electron chi connectivity index (χ3n) is 3.30. The van der Waals surface area contributed by atoms with Crippen LogP contribution in [0.3, 0.4) is 0 Å². The lowest BCUT2D eigenvalue weighted by Crippen LogP contribution is -2.27. The number of hydrogen-bond donors (Lipinski definition) is 2. The van der Waals surface area contributed by atoms with Crippen molar-refractivity contribution in [2.24, 2.45) is 5.92 Å². The van der Waals surface area contributed by atoms with E-state index in [-0.39, 0.29) is 5.91 Å². The molecule has 0 aliphatic heterocycles. The number of rotatable bonds is 10. The molecule has 0 unspecified atom stereocenters. The van der Waals surface area contributed by atoms with Crippen molar-refractivity contribution in [2.45, 2.75) is 33.1 Å². The quantitative estimate of drug-likeness (QED) is 0.514. The lowest BCUT2D eigenvalue weighted by atomic mass is 10.1. The predicted molar refractivity (Wildman–Crippen MR) is 89.0 cm³/mol. The van der Waals surface area contributed by atoms with Crippen molar-refractivity contribution in [3.63, 3.8) is 0 Å². The molecule has 0 radical (unpaired) electrons. The highest BCUT2D eigenvalue weighted by Crippen LogP contribution is 2.23. The number of aryl methyl sites for hydroxylation is 1. The fourth-order valence-electron chi connectivity index (χ4n) is 1.93. The molecular formula is C17H28N2O3. The molecule has 0 aliphatic carbocycles. The van der Waals surface area contributed by atoms with Crippen LogP contribution in [0.15, 0.2) is 18.2 Å². The largest absolute Gasteiger partial charge is 0.491 e. The Morgan fingerprint density at radius 3 is 2.73 bits per heavy atom. The van der Waals surface area contributed by atoms with Gasteiger partial charge in [0.05, 0.1) is 18.9 Å². The topological polar surface area (TPSA) is 73.6 Å². The predicted octanol–water partition coefficient (Wildman–Crippen LogP) is 2.39. The molecule has 3 N–H and O–H groups in total. The smallest absolute Gasteiger partial charge is 0.220 e. The van der Waals surface area contributed by atoms with Crippen LogP contribution < -0.4 is 15.8 Å². The summed E-state index contributed by atoms with van der Waals surface area (Å²) < 4.78 is 10.6. The van der Waals surface area contributed by atoms with Crippen molar-refractivity contribution in [1.82, 2.24) is 5.32 Å². The van der Waals surface area contributed by atoms with E-state index >= 15 is 0 Å². The van der Waals surface area contributed by atoms with Crippen LogP contribution in [0.25, 0.3) is 0 Å². The average molecular weight is 308 g/mol. The first-order chi connectivity index (χ1) is 10.5. The lowest BCUT2D eigenvalue weighted by molar-refractivity contribution is -0.121. The van der Waals surface area contributed by atoms with Gasteiger partial charge in [-0.1, -0.05) is 19.9 Å². The van der Waals surface area contributed by atoms with Gasteiger partial charge >= 0.3 is 0 Å². The lowest BCUT2D eigenvalue weighted by Gasteiger charge is -2.11. The number of hydrogen-bond acceptors (Lipinski definition) is 4. The first kappa shape index (κ1) is 18.3. The van der Waals surface area contributed by atoms with Gasteiger partial charge in [-0.3, -0.25) is 4.79 Å². The van der Waals surface area contributed by atoms with Crippen LogP contribution >= 0.6 is 0 Å². The molecule has 5 nitrogen and oxygen atoms in total. The van der Waals surface area contributed by atoms with Crippen molar-refractivity contribution in [2.75, 3.05) is 32.6 Å². The summed E-state index contributed by atoms with van der Waals surface area (Å²) in [5, 5.41) is 2.80. The number of anilines is 1. The molecule has 1 aromatic rings. The van der Waals surface area contributed by atoms with Gasteiger partial charge in [-0.15, -0.1) is 0 Å². The maximum Gasteiger partial charge on any atom is 0.220 e. The number of carbonyl (C=O) groups excluding carboxylic acids is 1. The van der Waals surface area contributed by atoms with E-state index in [4.69, 9.17) is 15.2 Å². The van der Waals surface area contributed by atoms with E-state index in [2.05, 4.69) is 19.2 Å². The summed E-state index contributed by atoms with van der Waals surface area (Å²) >= 11 is 0. The Hall–Kier alpha value is -1.75. The number of nitrogens with two attached hydrogens (primary N) is 1. The van der Waals surface area contributed by atoms with Gasteiger partial charge in [0, 0.05) is 20.1 Å². The molecule has 1 amide bonds. The van der Waals surface area contributed by atoms with E-state index < -0.39 is 0 Å². The van der Waals surface area contributed by atoms with Gasteiger partial charge in [-0.25, -0.2) is 0 Å². The van der Waals surface area contributed by atoms with Crippen molar-refractivity contribution < 1.29 is 14.3 Å². The molecule has 0 saturated heterocycles. The Kier molecular flexibility index (Phi) is 8.36. The Labute approximate surface area is 133 Å². The first-order valence-electron chi connectivity index (χ1n) is 7.79. The van der Waals surface area contributed by atoms with E-state index in [1.807, 2.05) is 18.2 Å². The zero-order chi connectivity index (χ0) is 16.4. The van der Waals surface area contributed by atoms with Gasteiger partial charge in [0.15, 0.2) is 0 Å². The van der Waals surface area contributed by atoms with E-state index in [9.17, 15) is 4.79 Å². The van der Waals surface area contributed by atoms with E-state index in [1.165, 1.54) is 0 Å². The minimum Gasteiger partial charge on any atom is -0.491 e. The van der Waals surface area contributed by atoms with Crippen molar-refractivity contribution in [3.05, 3.63) is 23.8 Å². The average Bonchev–Trinajstić information content (AvgIpc) is 2.47. The molecule has 0 saturated carbocycles.